The number of hydrogen-bond donors (Lipinski definition) is 1. The van der Waals surface area contributed by atoms with Crippen LogP contribution in [-0.2, 0) is 11.3 Å². The molecule has 1 aliphatic rings. The van der Waals surface area contributed by atoms with E-state index in [0.29, 0.717) is 25.7 Å². The molecule has 1 aromatic carbocycles. The molecule has 1 aromatic rings. The summed E-state index contributed by atoms with van der Waals surface area (Å²) in [6.07, 6.45) is 0.877. The quantitative estimate of drug-likeness (QED) is 0.872. The van der Waals surface area contributed by atoms with Crippen LogP contribution < -0.4 is 9.47 Å². The molecule has 5 nitrogen and oxygen atoms in total. The van der Waals surface area contributed by atoms with Crippen LogP contribution in [-0.4, -0.2) is 42.3 Å². The van der Waals surface area contributed by atoms with Crippen molar-refractivity contribution in [3.63, 3.8) is 0 Å². The first-order valence-corrected chi connectivity index (χ1v) is 7.37. The van der Waals surface area contributed by atoms with E-state index in [9.17, 15) is 4.79 Å². The predicted molar refractivity (Wildman–Crippen MR) is 79.8 cm³/mol. The Morgan fingerprint density at radius 2 is 2.00 bits per heavy atom. The van der Waals surface area contributed by atoms with Crippen molar-refractivity contribution in [2.75, 3.05) is 26.3 Å². The molecule has 0 radical (unpaired) electrons. The number of aliphatic carboxylic acids is 1. The fourth-order valence-electron chi connectivity index (χ4n) is 2.46. The average molecular weight is 293 g/mol. The van der Waals surface area contributed by atoms with Gasteiger partial charge in [-0.05, 0) is 23.6 Å². The van der Waals surface area contributed by atoms with Crippen molar-refractivity contribution in [1.29, 1.82) is 0 Å². The van der Waals surface area contributed by atoms with Gasteiger partial charge in [-0.1, -0.05) is 19.9 Å². The zero-order valence-corrected chi connectivity index (χ0v) is 12.7. The SMILES string of the molecule is CC(C)CN(CC(=O)O)Cc1ccc2c(c1)OCCCO2. The first-order chi connectivity index (χ1) is 10.0. The number of carbonyl (C=O) groups is 1. The Morgan fingerprint density at radius 1 is 1.29 bits per heavy atom. The van der Waals surface area contributed by atoms with E-state index in [1.807, 2.05) is 23.1 Å². The highest BCUT2D eigenvalue weighted by atomic mass is 16.5. The lowest BCUT2D eigenvalue weighted by Gasteiger charge is -2.22. The summed E-state index contributed by atoms with van der Waals surface area (Å²) in [6.45, 7) is 6.90. The topological polar surface area (TPSA) is 59.0 Å². The van der Waals surface area contributed by atoms with Crippen molar-refractivity contribution in [2.45, 2.75) is 26.8 Å². The van der Waals surface area contributed by atoms with Gasteiger partial charge in [0.15, 0.2) is 11.5 Å². The van der Waals surface area contributed by atoms with E-state index >= 15 is 0 Å². The summed E-state index contributed by atoms with van der Waals surface area (Å²) in [6, 6.07) is 5.84. The van der Waals surface area contributed by atoms with Crippen molar-refractivity contribution in [1.82, 2.24) is 4.90 Å². The number of rotatable bonds is 6. The van der Waals surface area contributed by atoms with Crippen molar-refractivity contribution in [2.24, 2.45) is 5.92 Å². The maximum Gasteiger partial charge on any atom is 0.317 e. The highest BCUT2D eigenvalue weighted by Crippen LogP contribution is 2.30. The molecular weight excluding hydrogens is 270 g/mol. The maximum atomic E-state index is 11.0. The number of benzene rings is 1. The van der Waals surface area contributed by atoms with Crippen LogP contribution in [0, 0.1) is 5.92 Å². The molecule has 0 spiro atoms. The lowest BCUT2D eigenvalue weighted by atomic mass is 10.1. The number of fused-ring (bicyclic) bond motifs is 1. The second-order valence-electron chi connectivity index (χ2n) is 5.79. The fraction of sp³-hybridized carbons (Fsp3) is 0.562. The highest BCUT2D eigenvalue weighted by molar-refractivity contribution is 5.69. The van der Waals surface area contributed by atoms with Gasteiger partial charge in [0.05, 0.1) is 19.8 Å². The van der Waals surface area contributed by atoms with Crippen molar-refractivity contribution >= 4 is 5.97 Å². The number of hydrogen-bond acceptors (Lipinski definition) is 4. The molecule has 0 unspecified atom stereocenters. The van der Waals surface area contributed by atoms with Gasteiger partial charge in [-0.2, -0.15) is 0 Å². The Morgan fingerprint density at radius 3 is 2.67 bits per heavy atom. The minimum absolute atomic E-state index is 0.0482. The van der Waals surface area contributed by atoms with Crippen LogP contribution in [0.25, 0.3) is 0 Å². The number of carboxylic acid groups (broad SMARTS) is 1. The molecule has 1 heterocycles. The van der Waals surface area contributed by atoms with Gasteiger partial charge in [0.25, 0.3) is 0 Å². The smallest absolute Gasteiger partial charge is 0.317 e. The third-order valence-electron chi connectivity index (χ3n) is 3.20. The fourth-order valence-corrected chi connectivity index (χ4v) is 2.46. The summed E-state index contributed by atoms with van der Waals surface area (Å²) in [5.74, 6) is 1.14. The molecular formula is C16H23NO4. The molecule has 2 rings (SSSR count). The van der Waals surface area contributed by atoms with E-state index in [4.69, 9.17) is 14.6 Å². The number of nitrogens with zero attached hydrogens (tertiary/aromatic N) is 1. The summed E-state index contributed by atoms with van der Waals surface area (Å²) in [4.78, 5) is 12.9. The lowest BCUT2D eigenvalue weighted by Crippen LogP contribution is -2.32. The Bertz CT molecular complexity index is 487. The summed E-state index contributed by atoms with van der Waals surface area (Å²) in [5, 5.41) is 9.02. The first-order valence-electron chi connectivity index (χ1n) is 7.37. The van der Waals surface area contributed by atoms with Gasteiger partial charge < -0.3 is 14.6 Å². The van der Waals surface area contributed by atoms with E-state index in [1.54, 1.807) is 0 Å². The van der Waals surface area contributed by atoms with E-state index in [-0.39, 0.29) is 6.54 Å². The molecule has 0 bridgehead atoms. The van der Waals surface area contributed by atoms with Crippen LogP contribution in [0.15, 0.2) is 18.2 Å². The average Bonchev–Trinajstić information content (AvgIpc) is 2.61. The minimum atomic E-state index is -0.801. The third kappa shape index (κ3) is 4.93. The lowest BCUT2D eigenvalue weighted by molar-refractivity contribution is -0.138. The molecule has 1 N–H and O–H groups in total. The van der Waals surface area contributed by atoms with Crippen LogP contribution in [0.2, 0.25) is 0 Å². The Hall–Kier alpha value is -1.75. The monoisotopic (exact) mass is 293 g/mol. The van der Waals surface area contributed by atoms with Gasteiger partial charge in [0.2, 0.25) is 0 Å². The summed E-state index contributed by atoms with van der Waals surface area (Å²) in [5.41, 5.74) is 1.04. The van der Waals surface area contributed by atoms with Crippen molar-refractivity contribution in [3.05, 3.63) is 23.8 Å². The second-order valence-corrected chi connectivity index (χ2v) is 5.79. The molecule has 5 heteroatoms. The zero-order chi connectivity index (χ0) is 15.2. The molecule has 1 aliphatic heterocycles. The van der Waals surface area contributed by atoms with Gasteiger partial charge >= 0.3 is 5.97 Å². The van der Waals surface area contributed by atoms with Crippen LogP contribution >= 0.6 is 0 Å². The van der Waals surface area contributed by atoms with Gasteiger partial charge in [0, 0.05) is 19.5 Å². The molecule has 0 amide bonds. The first kappa shape index (κ1) is 15.6. The van der Waals surface area contributed by atoms with Crippen molar-refractivity contribution < 1.29 is 19.4 Å². The predicted octanol–water partition coefficient (Wildman–Crippen LogP) is 2.39. The van der Waals surface area contributed by atoms with Crippen LogP contribution in [0.4, 0.5) is 0 Å². The van der Waals surface area contributed by atoms with Crippen molar-refractivity contribution in [3.8, 4) is 11.5 Å². The summed E-state index contributed by atoms with van der Waals surface area (Å²) >= 11 is 0. The maximum absolute atomic E-state index is 11.0. The van der Waals surface area contributed by atoms with Gasteiger partial charge in [-0.15, -0.1) is 0 Å². The third-order valence-corrected chi connectivity index (χ3v) is 3.20. The van der Waals surface area contributed by atoms with Gasteiger partial charge in [-0.25, -0.2) is 0 Å². The zero-order valence-electron chi connectivity index (χ0n) is 12.7. The van der Waals surface area contributed by atoms with Crippen LogP contribution in [0.5, 0.6) is 11.5 Å². The largest absolute Gasteiger partial charge is 0.490 e. The molecule has 0 atom stereocenters. The van der Waals surface area contributed by atoms with E-state index < -0.39 is 5.97 Å². The molecule has 0 aliphatic carbocycles. The summed E-state index contributed by atoms with van der Waals surface area (Å²) < 4.78 is 11.3. The van der Waals surface area contributed by atoms with E-state index in [0.717, 1.165) is 30.0 Å². The minimum Gasteiger partial charge on any atom is -0.490 e. The Labute approximate surface area is 125 Å². The van der Waals surface area contributed by atoms with E-state index in [1.165, 1.54) is 0 Å². The molecule has 0 aromatic heterocycles. The molecule has 0 saturated carbocycles. The summed E-state index contributed by atoms with van der Waals surface area (Å²) in [7, 11) is 0. The standard InChI is InChI=1S/C16H23NO4/c1-12(2)9-17(11-16(18)19)10-13-4-5-14-15(8-13)21-7-3-6-20-14/h4-5,8,12H,3,6-7,9-11H2,1-2H3,(H,18,19). The molecule has 116 valence electrons. The van der Waals surface area contributed by atoms with Gasteiger partial charge in [-0.3, -0.25) is 9.69 Å². The number of carboxylic acids is 1. The molecule has 0 saturated heterocycles. The number of ether oxygens (including phenoxy) is 2. The molecule has 21 heavy (non-hydrogen) atoms. The van der Waals surface area contributed by atoms with E-state index in [2.05, 4.69) is 13.8 Å². The second kappa shape index (κ2) is 7.31. The van der Waals surface area contributed by atoms with Crippen LogP contribution in [0.1, 0.15) is 25.8 Å². The normalized spacial score (nSPS) is 14.3. The van der Waals surface area contributed by atoms with Crippen LogP contribution in [0.3, 0.4) is 0 Å². The Balaban J connectivity index is 2.09. The highest BCUT2D eigenvalue weighted by Gasteiger charge is 2.15. The molecule has 0 fully saturated rings. The Kier molecular flexibility index (Phi) is 5.44. The van der Waals surface area contributed by atoms with Gasteiger partial charge in [0.1, 0.15) is 0 Å².